The highest BCUT2D eigenvalue weighted by Crippen LogP contribution is 2.15. The van der Waals surface area contributed by atoms with Gasteiger partial charge < -0.3 is 14.9 Å². The molecule has 0 radical (unpaired) electrons. The van der Waals surface area contributed by atoms with E-state index in [4.69, 9.17) is 0 Å². The monoisotopic (exact) mass is 176 g/mol. The summed E-state index contributed by atoms with van der Waals surface area (Å²) in [7, 11) is 0. The summed E-state index contributed by atoms with van der Waals surface area (Å²) in [6.45, 7) is 6.35. The zero-order valence-electron chi connectivity index (χ0n) is 7.87. The highest BCUT2D eigenvalue weighted by Gasteiger charge is 2.39. The van der Waals surface area contributed by atoms with E-state index < -0.39 is 17.7 Å². The van der Waals surface area contributed by atoms with Gasteiger partial charge in [-0.2, -0.15) is 0 Å². The number of ether oxygens (including phenoxy) is 1. The third-order valence-corrected chi connectivity index (χ3v) is 1.45. The Morgan fingerprint density at radius 2 is 1.67 bits per heavy atom. The predicted molar refractivity (Wildman–Crippen MR) is 43.2 cm³/mol. The molecule has 0 bridgehead atoms. The van der Waals surface area contributed by atoms with Crippen LogP contribution in [0.2, 0.25) is 0 Å². The first kappa shape index (κ1) is 11.4. The van der Waals surface area contributed by atoms with Crippen LogP contribution in [0.25, 0.3) is 0 Å². The Labute approximate surface area is 72.2 Å². The Bertz CT molecular complexity index is 160. The molecule has 4 heteroatoms. The predicted octanol–water partition coefficient (Wildman–Crippen LogP) is 0.275. The van der Waals surface area contributed by atoms with E-state index in [1.54, 1.807) is 13.8 Å². The summed E-state index contributed by atoms with van der Waals surface area (Å²) in [4.78, 5) is 11.0. The van der Waals surface area contributed by atoms with Crippen molar-refractivity contribution in [2.75, 3.05) is 0 Å². The van der Waals surface area contributed by atoms with Crippen molar-refractivity contribution >= 4 is 5.97 Å². The summed E-state index contributed by atoms with van der Waals surface area (Å²) >= 11 is 0. The molecule has 0 aromatic carbocycles. The number of hydrogen-bond acceptors (Lipinski definition) is 4. The first-order chi connectivity index (χ1) is 5.28. The summed E-state index contributed by atoms with van der Waals surface area (Å²) in [5, 5.41) is 18.4. The van der Waals surface area contributed by atoms with Crippen LogP contribution in [-0.4, -0.2) is 28.1 Å². The van der Waals surface area contributed by atoms with Crippen LogP contribution in [0.15, 0.2) is 0 Å². The molecule has 0 unspecified atom stereocenters. The summed E-state index contributed by atoms with van der Waals surface area (Å²) in [5.74, 6) is -3.94. The van der Waals surface area contributed by atoms with Crippen LogP contribution in [0.5, 0.6) is 0 Å². The normalized spacial score (nSPS) is 12.3. The van der Waals surface area contributed by atoms with E-state index in [2.05, 4.69) is 4.74 Å². The Balaban J connectivity index is 4.26. The topological polar surface area (TPSA) is 66.8 Å². The SMILES string of the molecule is CC(C)OC(=O)C(O)(O)C(C)C. The van der Waals surface area contributed by atoms with Gasteiger partial charge in [-0.1, -0.05) is 13.8 Å². The van der Waals surface area contributed by atoms with Crippen LogP contribution in [0.3, 0.4) is 0 Å². The second kappa shape index (κ2) is 3.87. The van der Waals surface area contributed by atoms with E-state index in [0.717, 1.165) is 0 Å². The molecule has 0 amide bonds. The van der Waals surface area contributed by atoms with Crippen LogP contribution in [0.4, 0.5) is 0 Å². The van der Waals surface area contributed by atoms with E-state index in [0.29, 0.717) is 0 Å². The summed E-state index contributed by atoms with van der Waals surface area (Å²) < 4.78 is 4.64. The number of hydrogen-bond donors (Lipinski definition) is 2. The largest absolute Gasteiger partial charge is 0.459 e. The fraction of sp³-hybridized carbons (Fsp3) is 0.875. The molecule has 0 atom stereocenters. The third-order valence-electron chi connectivity index (χ3n) is 1.45. The van der Waals surface area contributed by atoms with Crippen molar-refractivity contribution in [1.82, 2.24) is 0 Å². The van der Waals surface area contributed by atoms with E-state index in [9.17, 15) is 15.0 Å². The van der Waals surface area contributed by atoms with Gasteiger partial charge in [-0.05, 0) is 13.8 Å². The number of carbonyl (C=O) groups excluding carboxylic acids is 1. The lowest BCUT2D eigenvalue weighted by atomic mass is 10.0. The minimum atomic E-state index is -2.37. The fourth-order valence-electron chi connectivity index (χ4n) is 0.537. The lowest BCUT2D eigenvalue weighted by Crippen LogP contribution is -2.45. The zero-order valence-corrected chi connectivity index (χ0v) is 7.87. The average molecular weight is 176 g/mol. The van der Waals surface area contributed by atoms with Crippen molar-refractivity contribution in [3.05, 3.63) is 0 Å². The zero-order chi connectivity index (χ0) is 9.94. The van der Waals surface area contributed by atoms with Crippen molar-refractivity contribution in [2.24, 2.45) is 5.92 Å². The third kappa shape index (κ3) is 2.79. The number of esters is 1. The fourth-order valence-corrected chi connectivity index (χ4v) is 0.537. The molecule has 0 saturated carbocycles. The van der Waals surface area contributed by atoms with Crippen LogP contribution < -0.4 is 0 Å². The van der Waals surface area contributed by atoms with Gasteiger partial charge in [0, 0.05) is 5.92 Å². The molecule has 0 aliphatic carbocycles. The lowest BCUT2D eigenvalue weighted by Gasteiger charge is -2.24. The Hall–Kier alpha value is -0.610. The number of aliphatic hydroxyl groups is 2. The summed E-state index contributed by atoms with van der Waals surface area (Å²) in [6.07, 6.45) is -0.338. The van der Waals surface area contributed by atoms with Gasteiger partial charge in [-0.15, -0.1) is 0 Å². The Morgan fingerprint density at radius 3 is 1.92 bits per heavy atom. The van der Waals surface area contributed by atoms with Crippen LogP contribution in [0, 0.1) is 5.92 Å². The molecular weight excluding hydrogens is 160 g/mol. The number of carbonyl (C=O) groups is 1. The average Bonchev–Trinajstić information content (AvgIpc) is 1.85. The van der Waals surface area contributed by atoms with Gasteiger partial charge in [0.15, 0.2) is 0 Å². The smallest absolute Gasteiger partial charge is 0.366 e. The first-order valence-corrected chi connectivity index (χ1v) is 3.94. The van der Waals surface area contributed by atoms with Crippen molar-refractivity contribution in [3.63, 3.8) is 0 Å². The molecule has 0 spiro atoms. The summed E-state index contributed by atoms with van der Waals surface area (Å²) in [6, 6.07) is 0. The Kier molecular flexibility index (Phi) is 3.67. The molecule has 0 aromatic heterocycles. The first-order valence-electron chi connectivity index (χ1n) is 3.94. The molecule has 0 aliphatic heterocycles. The second-order valence-electron chi connectivity index (χ2n) is 3.33. The van der Waals surface area contributed by atoms with Gasteiger partial charge in [0.05, 0.1) is 6.10 Å². The van der Waals surface area contributed by atoms with Crippen molar-refractivity contribution < 1.29 is 19.7 Å². The minimum Gasteiger partial charge on any atom is -0.459 e. The van der Waals surface area contributed by atoms with Gasteiger partial charge in [-0.25, -0.2) is 4.79 Å². The van der Waals surface area contributed by atoms with E-state index in [1.807, 2.05) is 0 Å². The van der Waals surface area contributed by atoms with Crippen LogP contribution in [0.1, 0.15) is 27.7 Å². The molecule has 0 saturated heterocycles. The molecule has 2 N–H and O–H groups in total. The maximum atomic E-state index is 11.0. The number of rotatable bonds is 3. The van der Waals surface area contributed by atoms with Crippen molar-refractivity contribution in [2.45, 2.75) is 39.6 Å². The van der Waals surface area contributed by atoms with Gasteiger partial charge in [0.1, 0.15) is 0 Å². The van der Waals surface area contributed by atoms with Gasteiger partial charge >= 0.3 is 5.97 Å². The second-order valence-corrected chi connectivity index (χ2v) is 3.33. The molecule has 0 rings (SSSR count). The van der Waals surface area contributed by atoms with E-state index in [1.165, 1.54) is 13.8 Å². The molecule has 0 aliphatic rings. The van der Waals surface area contributed by atoms with Gasteiger partial charge in [0.25, 0.3) is 5.79 Å². The standard InChI is InChI=1S/C8H16O4/c1-5(2)8(10,11)7(9)12-6(3)4/h5-6,10-11H,1-4H3. The summed E-state index contributed by atoms with van der Waals surface area (Å²) in [5.41, 5.74) is 0. The van der Waals surface area contributed by atoms with Gasteiger partial charge in [0.2, 0.25) is 0 Å². The van der Waals surface area contributed by atoms with E-state index >= 15 is 0 Å². The van der Waals surface area contributed by atoms with Crippen molar-refractivity contribution in [3.8, 4) is 0 Å². The molecule has 0 aromatic rings. The molecule has 0 fully saturated rings. The minimum absolute atomic E-state index is 0.338. The Morgan fingerprint density at radius 1 is 1.25 bits per heavy atom. The molecule has 4 nitrogen and oxygen atoms in total. The lowest BCUT2D eigenvalue weighted by molar-refractivity contribution is -0.226. The maximum absolute atomic E-state index is 11.0. The molecule has 72 valence electrons. The van der Waals surface area contributed by atoms with E-state index in [-0.39, 0.29) is 6.10 Å². The quantitative estimate of drug-likeness (QED) is 0.478. The van der Waals surface area contributed by atoms with Gasteiger partial charge in [-0.3, -0.25) is 0 Å². The molecule has 0 heterocycles. The maximum Gasteiger partial charge on any atom is 0.366 e. The van der Waals surface area contributed by atoms with Crippen LogP contribution >= 0.6 is 0 Å². The highest BCUT2D eigenvalue weighted by atomic mass is 16.6. The van der Waals surface area contributed by atoms with Crippen molar-refractivity contribution in [1.29, 1.82) is 0 Å². The molecule has 12 heavy (non-hydrogen) atoms. The molecular formula is C8H16O4. The van der Waals surface area contributed by atoms with Crippen LogP contribution in [-0.2, 0) is 9.53 Å². The highest BCUT2D eigenvalue weighted by molar-refractivity contribution is 5.77.